The molecule has 0 fully saturated rings. The first-order chi connectivity index (χ1) is 7.83. The van der Waals surface area contributed by atoms with Gasteiger partial charge in [0.2, 0.25) is 0 Å². The highest BCUT2D eigenvalue weighted by molar-refractivity contribution is 7.15. The van der Waals surface area contributed by atoms with E-state index in [4.69, 9.17) is 0 Å². The minimum absolute atomic E-state index is 0.0146. The number of fused-ring (bicyclic) bond motifs is 1. The van der Waals surface area contributed by atoms with E-state index in [1.54, 1.807) is 11.3 Å². The predicted octanol–water partition coefficient (Wildman–Crippen LogP) is 1.67. The summed E-state index contributed by atoms with van der Waals surface area (Å²) in [5.74, 6) is 0.0146. The van der Waals surface area contributed by atoms with Crippen LogP contribution in [0.15, 0.2) is 24.0 Å². The molecule has 3 aromatic rings. The molecular formula is C9H6N4OS2. The fourth-order valence-electron chi connectivity index (χ4n) is 1.40. The average Bonchev–Trinajstić information content (AvgIpc) is 2.91. The van der Waals surface area contributed by atoms with E-state index in [0.29, 0.717) is 11.3 Å². The van der Waals surface area contributed by atoms with E-state index in [-0.39, 0.29) is 5.78 Å². The SMILES string of the molecule is O=C(Cc1cn2ccsc2n1)c1cnns1. The number of ketones is 1. The van der Waals surface area contributed by atoms with Crippen molar-refractivity contribution < 1.29 is 4.79 Å². The van der Waals surface area contributed by atoms with Gasteiger partial charge in [0, 0.05) is 17.8 Å². The molecule has 0 aliphatic carbocycles. The van der Waals surface area contributed by atoms with Crippen molar-refractivity contribution in [1.82, 2.24) is 19.0 Å². The molecule has 0 bridgehead atoms. The predicted molar refractivity (Wildman–Crippen MR) is 61.0 cm³/mol. The van der Waals surface area contributed by atoms with Gasteiger partial charge in [-0.3, -0.25) is 9.20 Å². The molecular weight excluding hydrogens is 244 g/mol. The van der Waals surface area contributed by atoms with Gasteiger partial charge in [0.25, 0.3) is 0 Å². The lowest BCUT2D eigenvalue weighted by Gasteiger charge is -1.91. The molecule has 0 unspecified atom stereocenters. The fourth-order valence-corrected chi connectivity index (χ4v) is 2.57. The fraction of sp³-hybridized carbons (Fsp3) is 0.111. The second-order valence-corrected chi connectivity index (χ2v) is 4.87. The van der Waals surface area contributed by atoms with Gasteiger partial charge < -0.3 is 0 Å². The highest BCUT2D eigenvalue weighted by Gasteiger charge is 2.12. The minimum Gasteiger partial charge on any atom is -0.297 e. The van der Waals surface area contributed by atoms with Crippen molar-refractivity contribution in [2.24, 2.45) is 0 Å². The molecule has 0 amide bonds. The van der Waals surface area contributed by atoms with Crippen LogP contribution in [0.4, 0.5) is 0 Å². The summed E-state index contributed by atoms with van der Waals surface area (Å²) in [7, 11) is 0. The Hall–Kier alpha value is -1.60. The average molecular weight is 250 g/mol. The van der Waals surface area contributed by atoms with Crippen LogP contribution in [0, 0.1) is 0 Å². The van der Waals surface area contributed by atoms with Crippen molar-refractivity contribution in [1.29, 1.82) is 0 Å². The van der Waals surface area contributed by atoms with Gasteiger partial charge in [-0.15, -0.1) is 16.4 Å². The third-order valence-corrected chi connectivity index (χ3v) is 3.60. The Balaban J connectivity index is 1.85. The van der Waals surface area contributed by atoms with Crippen LogP contribution in [0.1, 0.15) is 15.4 Å². The van der Waals surface area contributed by atoms with Gasteiger partial charge in [0.15, 0.2) is 10.7 Å². The second-order valence-electron chi connectivity index (χ2n) is 3.21. The van der Waals surface area contributed by atoms with Crippen molar-refractivity contribution in [2.45, 2.75) is 6.42 Å². The molecule has 0 aliphatic rings. The Morgan fingerprint density at radius 1 is 1.50 bits per heavy atom. The zero-order chi connectivity index (χ0) is 11.0. The van der Waals surface area contributed by atoms with Crippen LogP contribution >= 0.6 is 22.9 Å². The molecule has 0 atom stereocenters. The Morgan fingerprint density at radius 3 is 3.19 bits per heavy atom. The van der Waals surface area contributed by atoms with Crippen molar-refractivity contribution in [2.75, 3.05) is 0 Å². The molecule has 80 valence electrons. The monoisotopic (exact) mass is 250 g/mol. The zero-order valence-electron chi connectivity index (χ0n) is 8.03. The van der Waals surface area contributed by atoms with E-state index in [2.05, 4.69) is 14.6 Å². The minimum atomic E-state index is 0.0146. The maximum absolute atomic E-state index is 11.8. The van der Waals surface area contributed by atoms with Gasteiger partial charge in [0.1, 0.15) is 4.88 Å². The van der Waals surface area contributed by atoms with Crippen LogP contribution < -0.4 is 0 Å². The number of carbonyl (C=O) groups excluding carboxylic acids is 1. The first kappa shape index (κ1) is 9.61. The lowest BCUT2D eigenvalue weighted by Crippen LogP contribution is -2.01. The number of thiazole rings is 1. The van der Waals surface area contributed by atoms with Crippen LogP contribution in [-0.2, 0) is 6.42 Å². The van der Waals surface area contributed by atoms with Gasteiger partial charge in [-0.2, -0.15) is 0 Å². The topological polar surface area (TPSA) is 60.2 Å². The highest BCUT2D eigenvalue weighted by atomic mass is 32.1. The Morgan fingerprint density at radius 2 is 2.44 bits per heavy atom. The summed E-state index contributed by atoms with van der Waals surface area (Å²) in [5, 5.41) is 5.60. The molecule has 3 rings (SSSR count). The van der Waals surface area contributed by atoms with Crippen molar-refractivity contribution >= 4 is 33.6 Å². The number of nitrogens with zero attached hydrogens (tertiary/aromatic N) is 4. The molecule has 0 aliphatic heterocycles. The molecule has 16 heavy (non-hydrogen) atoms. The number of hydrogen-bond donors (Lipinski definition) is 0. The highest BCUT2D eigenvalue weighted by Crippen LogP contribution is 2.13. The molecule has 3 aromatic heterocycles. The first-order valence-corrected chi connectivity index (χ1v) is 6.20. The lowest BCUT2D eigenvalue weighted by atomic mass is 10.2. The largest absolute Gasteiger partial charge is 0.297 e. The normalized spacial score (nSPS) is 11.0. The summed E-state index contributed by atoms with van der Waals surface area (Å²) in [6.45, 7) is 0. The van der Waals surface area contributed by atoms with Crippen LogP contribution in [0.2, 0.25) is 0 Å². The van der Waals surface area contributed by atoms with Gasteiger partial charge in [-0.1, -0.05) is 4.49 Å². The van der Waals surface area contributed by atoms with Crippen LogP contribution in [0.25, 0.3) is 4.96 Å². The summed E-state index contributed by atoms with van der Waals surface area (Å²) in [5.41, 5.74) is 0.783. The van der Waals surface area contributed by atoms with E-state index in [1.807, 2.05) is 22.2 Å². The number of Topliss-reactive ketones (excluding diaryl/α,β-unsaturated/α-hetero) is 1. The summed E-state index contributed by atoms with van der Waals surface area (Å²) >= 11 is 2.67. The van der Waals surface area contributed by atoms with E-state index in [1.165, 1.54) is 6.20 Å². The molecule has 0 saturated carbocycles. The lowest BCUT2D eigenvalue weighted by molar-refractivity contribution is 0.0996. The number of imidazole rings is 1. The van der Waals surface area contributed by atoms with Gasteiger partial charge >= 0.3 is 0 Å². The van der Waals surface area contributed by atoms with Crippen LogP contribution in [0.3, 0.4) is 0 Å². The number of aromatic nitrogens is 4. The smallest absolute Gasteiger partial charge is 0.193 e. The molecule has 0 radical (unpaired) electrons. The Bertz CT molecular complexity index is 596. The van der Waals surface area contributed by atoms with Gasteiger partial charge in [-0.05, 0) is 11.5 Å². The summed E-state index contributed by atoms with van der Waals surface area (Å²) < 4.78 is 5.58. The van der Waals surface area contributed by atoms with Gasteiger partial charge in [-0.25, -0.2) is 4.98 Å². The molecule has 0 N–H and O–H groups in total. The zero-order valence-corrected chi connectivity index (χ0v) is 9.66. The Kier molecular flexibility index (Phi) is 2.26. The first-order valence-electron chi connectivity index (χ1n) is 4.54. The number of hydrogen-bond acceptors (Lipinski definition) is 6. The molecule has 0 aromatic carbocycles. The van der Waals surface area contributed by atoms with E-state index >= 15 is 0 Å². The molecule has 0 saturated heterocycles. The third-order valence-electron chi connectivity index (χ3n) is 2.12. The van der Waals surface area contributed by atoms with Gasteiger partial charge in [0.05, 0.1) is 18.3 Å². The van der Waals surface area contributed by atoms with E-state index in [0.717, 1.165) is 22.2 Å². The maximum atomic E-state index is 11.8. The van der Waals surface area contributed by atoms with Crippen molar-refractivity contribution in [3.05, 3.63) is 34.5 Å². The van der Waals surface area contributed by atoms with E-state index in [9.17, 15) is 4.79 Å². The summed E-state index contributed by atoms with van der Waals surface area (Å²) in [6, 6.07) is 0. The Labute approximate surface area is 98.5 Å². The number of rotatable bonds is 3. The van der Waals surface area contributed by atoms with E-state index < -0.39 is 0 Å². The van der Waals surface area contributed by atoms with Crippen molar-refractivity contribution in [3.8, 4) is 0 Å². The molecule has 7 heteroatoms. The summed E-state index contributed by atoms with van der Waals surface area (Å²) in [4.78, 5) is 17.6. The third kappa shape index (κ3) is 1.63. The maximum Gasteiger partial charge on any atom is 0.193 e. The number of carbonyl (C=O) groups is 1. The van der Waals surface area contributed by atoms with Crippen LogP contribution in [0.5, 0.6) is 0 Å². The molecule has 3 heterocycles. The second kappa shape index (κ2) is 3.76. The van der Waals surface area contributed by atoms with Crippen molar-refractivity contribution in [3.63, 3.8) is 0 Å². The standard InChI is InChI=1S/C9H6N4OS2/c14-7(8-4-10-12-16-8)3-6-5-13-1-2-15-9(13)11-6/h1-2,4-5H,3H2. The quantitative estimate of drug-likeness (QED) is 0.663. The molecule has 0 spiro atoms. The summed E-state index contributed by atoms with van der Waals surface area (Å²) in [6.07, 6.45) is 5.59. The molecule has 5 nitrogen and oxygen atoms in total. The van der Waals surface area contributed by atoms with Crippen LogP contribution in [-0.4, -0.2) is 24.8 Å².